The van der Waals surface area contributed by atoms with Crippen LogP contribution in [0, 0.1) is 0 Å². The van der Waals surface area contributed by atoms with Crippen molar-refractivity contribution >= 4 is 34.2 Å². The molecule has 2 aromatic heterocycles. The van der Waals surface area contributed by atoms with Crippen LogP contribution in [0.5, 0.6) is 0 Å². The van der Waals surface area contributed by atoms with Crippen molar-refractivity contribution in [3.05, 3.63) is 66.9 Å². The molecule has 0 unspecified atom stereocenters. The normalized spacial score (nSPS) is 11.9. The van der Waals surface area contributed by atoms with Crippen molar-refractivity contribution in [1.29, 1.82) is 0 Å². The number of hydrogen-bond donors (Lipinski definition) is 2. The molecule has 4 rings (SSSR count). The summed E-state index contributed by atoms with van der Waals surface area (Å²) in [6.45, 7) is 1.73. The van der Waals surface area contributed by atoms with Crippen molar-refractivity contribution in [2.75, 3.05) is 10.6 Å². The van der Waals surface area contributed by atoms with Gasteiger partial charge in [0.15, 0.2) is 5.58 Å². The zero-order valence-electron chi connectivity index (χ0n) is 15.6. The summed E-state index contributed by atoms with van der Waals surface area (Å²) in [4.78, 5) is 28.4. The van der Waals surface area contributed by atoms with Crippen molar-refractivity contribution in [2.24, 2.45) is 0 Å². The molecule has 1 atom stereocenters. The number of anilines is 2. The Morgan fingerprint density at radius 2 is 1.79 bits per heavy atom. The summed E-state index contributed by atoms with van der Waals surface area (Å²) in [6, 6.07) is 13.8. The molecule has 9 nitrogen and oxygen atoms in total. The quantitative estimate of drug-likeness (QED) is 0.523. The Balaban J connectivity index is 1.35. The maximum Gasteiger partial charge on any atom is 0.249 e. The highest BCUT2D eigenvalue weighted by Gasteiger charge is 2.16. The standard InChI is InChI=1S/C20H18N6O3/c1-13(26-12-21-11-22-26)20(28)24-15-8-6-14(7-9-15)23-19(27)10-17-16-4-2-3-5-18(16)29-25-17/h2-9,11-13H,10H2,1H3,(H,23,27)(H,24,28)/t13-/m0/s1. The molecule has 0 fully saturated rings. The van der Waals surface area contributed by atoms with E-state index in [9.17, 15) is 9.59 Å². The number of hydrogen-bond acceptors (Lipinski definition) is 6. The first-order valence-electron chi connectivity index (χ1n) is 8.98. The van der Waals surface area contributed by atoms with Gasteiger partial charge in [0.25, 0.3) is 0 Å². The molecule has 2 N–H and O–H groups in total. The highest BCUT2D eigenvalue weighted by atomic mass is 16.5. The first-order valence-corrected chi connectivity index (χ1v) is 8.98. The number of benzene rings is 2. The highest BCUT2D eigenvalue weighted by molar-refractivity contribution is 5.96. The number of para-hydroxylation sites is 1. The maximum atomic E-state index is 12.3. The summed E-state index contributed by atoms with van der Waals surface area (Å²) in [5.74, 6) is -0.425. The number of rotatable bonds is 6. The van der Waals surface area contributed by atoms with Crippen LogP contribution in [0.2, 0.25) is 0 Å². The number of carbonyl (C=O) groups excluding carboxylic acids is 2. The molecule has 2 heterocycles. The topological polar surface area (TPSA) is 115 Å². The van der Waals surface area contributed by atoms with Crippen LogP contribution in [-0.2, 0) is 16.0 Å². The van der Waals surface area contributed by atoms with Gasteiger partial charge < -0.3 is 15.2 Å². The van der Waals surface area contributed by atoms with Crippen molar-refractivity contribution in [2.45, 2.75) is 19.4 Å². The molecule has 0 spiro atoms. The van der Waals surface area contributed by atoms with Crippen LogP contribution < -0.4 is 10.6 Å². The van der Waals surface area contributed by atoms with Crippen LogP contribution >= 0.6 is 0 Å². The SMILES string of the molecule is C[C@@H](C(=O)Nc1ccc(NC(=O)Cc2noc3ccccc23)cc1)n1cncn1. The molecule has 0 bridgehead atoms. The van der Waals surface area contributed by atoms with Gasteiger partial charge in [0.1, 0.15) is 24.4 Å². The predicted molar refractivity (Wildman–Crippen MR) is 106 cm³/mol. The summed E-state index contributed by atoms with van der Waals surface area (Å²) < 4.78 is 6.69. The first-order chi connectivity index (χ1) is 14.1. The number of amides is 2. The number of nitrogens with zero attached hydrogens (tertiary/aromatic N) is 4. The molecule has 0 aliphatic rings. The lowest BCUT2D eigenvalue weighted by Crippen LogP contribution is -2.24. The molecule has 4 aromatic rings. The average Bonchev–Trinajstić information content (AvgIpc) is 3.39. The lowest BCUT2D eigenvalue weighted by Gasteiger charge is -2.12. The Kier molecular flexibility index (Phi) is 5.02. The molecule has 146 valence electrons. The monoisotopic (exact) mass is 390 g/mol. The van der Waals surface area contributed by atoms with Crippen LogP contribution in [-0.4, -0.2) is 31.7 Å². The van der Waals surface area contributed by atoms with Gasteiger partial charge >= 0.3 is 0 Å². The zero-order chi connectivity index (χ0) is 20.2. The van der Waals surface area contributed by atoms with E-state index in [0.29, 0.717) is 22.7 Å². The summed E-state index contributed by atoms with van der Waals surface area (Å²) in [5, 5.41) is 14.4. The van der Waals surface area contributed by atoms with E-state index in [1.165, 1.54) is 17.3 Å². The van der Waals surface area contributed by atoms with Gasteiger partial charge in [0.05, 0.1) is 6.42 Å². The number of fused-ring (bicyclic) bond motifs is 1. The summed E-state index contributed by atoms with van der Waals surface area (Å²) in [6.07, 6.45) is 2.97. The van der Waals surface area contributed by atoms with E-state index in [0.717, 1.165) is 5.39 Å². The van der Waals surface area contributed by atoms with E-state index in [2.05, 4.69) is 25.9 Å². The minimum absolute atomic E-state index is 0.102. The fourth-order valence-corrected chi connectivity index (χ4v) is 2.84. The third kappa shape index (κ3) is 4.13. The lowest BCUT2D eigenvalue weighted by molar-refractivity contribution is -0.119. The third-order valence-corrected chi connectivity index (χ3v) is 4.43. The molecule has 0 aliphatic heterocycles. The number of nitrogens with one attached hydrogen (secondary N) is 2. The molecule has 0 radical (unpaired) electrons. The van der Waals surface area contributed by atoms with Crippen LogP contribution in [0.1, 0.15) is 18.7 Å². The average molecular weight is 390 g/mol. The summed E-state index contributed by atoms with van der Waals surface area (Å²) in [7, 11) is 0. The van der Waals surface area contributed by atoms with Gasteiger partial charge in [-0.15, -0.1) is 0 Å². The van der Waals surface area contributed by atoms with Gasteiger partial charge in [-0.05, 0) is 43.3 Å². The van der Waals surface area contributed by atoms with E-state index in [1.807, 2.05) is 18.2 Å². The Morgan fingerprint density at radius 3 is 2.52 bits per heavy atom. The van der Waals surface area contributed by atoms with Gasteiger partial charge in [-0.1, -0.05) is 17.3 Å². The van der Waals surface area contributed by atoms with Crippen molar-refractivity contribution in [3.63, 3.8) is 0 Å². The van der Waals surface area contributed by atoms with Crippen LogP contribution in [0.15, 0.2) is 65.7 Å². The second-order valence-corrected chi connectivity index (χ2v) is 6.47. The van der Waals surface area contributed by atoms with Gasteiger partial charge in [0.2, 0.25) is 11.8 Å². The second kappa shape index (κ2) is 7.93. The Hall–Kier alpha value is -4.01. The van der Waals surface area contributed by atoms with Gasteiger partial charge in [0, 0.05) is 16.8 Å². The first kappa shape index (κ1) is 18.4. The molecular weight excluding hydrogens is 372 g/mol. The molecular formula is C20H18N6O3. The van der Waals surface area contributed by atoms with E-state index in [1.54, 1.807) is 37.3 Å². The van der Waals surface area contributed by atoms with Gasteiger partial charge in [-0.25, -0.2) is 9.67 Å². The minimum Gasteiger partial charge on any atom is -0.356 e. The van der Waals surface area contributed by atoms with E-state index in [-0.39, 0.29) is 18.2 Å². The Morgan fingerprint density at radius 1 is 1.07 bits per heavy atom. The molecule has 0 saturated heterocycles. The lowest BCUT2D eigenvalue weighted by atomic mass is 10.1. The van der Waals surface area contributed by atoms with Crippen LogP contribution in [0.25, 0.3) is 11.0 Å². The highest BCUT2D eigenvalue weighted by Crippen LogP contribution is 2.19. The van der Waals surface area contributed by atoms with Gasteiger partial charge in [-0.2, -0.15) is 5.10 Å². The van der Waals surface area contributed by atoms with Crippen molar-refractivity contribution in [3.8, 4) is 0 Å². The Labute approximate surface area is 165 Å². The largest absolute Gasteiger partial charge is 0.356 e. The summed E-state index contributed by atoms with van der Waals surface area (Å²) in [5.41, 5.74) is 2.46. The molecule has 0 aliphatic carbocycles. The molecule has 2 aromatic carbocycles. The van der Waals surface area contributed by atoms with E-state index < -0.39 is 6.04 Å². The van der Waals surface area contributed by atoms with Crippen molar-refractivity contribution < 1.29 is 14.1 Å². The van der Waals surface area contributed by atoms with E-state index in [4.69, 9.17) is 4.52 Å². The number of aromatic nitrogens is 4. The fourth-order valence-electron chi connectivity index (χ4n) is 2.84. The van der Waals surface area contributed by atoms with Crippen LogP contribution in [0.4, 0.5) is 11.4 Å². The Bertz CT molecular complexity index is 1130. The third-order valence-electron chi connectivity index (χ3n) is 4.43. The van der Waals surface area contributed by atoms with Crippen molar-refractivity contribution in [1.82, 2.24) is 19.9 Å². The minimum atomic E-state index is -0.492. The maximum absolute atomic E-state index is 12.3. The fraction of sp³-hybridized carbons (Fsp3) is 0.150. The second-order valence-electron chi connectivity index (χ2n) is 6.47. The molecule has 9 heteroatoms. The molecule has 29 heavy (non-hydrogen) atoms. The van der Waals surface area contributed by atoms with Gasteiger partial charge in [-0.3, -0.25) is 9.59 Å². The predicted octanol–water partition coefficient (Wildman–Crippen LogP) is 2.80. The van der Waals surface area contributed by atoms with Crippen LogP contribution in [0.3, 0.4) is 0 Å². The summed E-state index contributed by atoms with van der Waals surface area (Å²) >= 11 is 0. The molecule has 2 amide bonds. The van der Waals surface area contributed by atoms with E-state index >= 15 is 0 Å². The molecule has 0 saturated carbocycles. The zero-order valence-corrected chi connectivity index (χ0v) is 15.6. The smallest absolute Gasteiger partial charge is 0.249 e. The number of carbonyl (C=O) groups is 2.